The van der Waals surface area contributed by atoms with Gasteiger partial charge in [0.1, 0.15) is 0 Å². The highest BCUT2D eigenvalue weighted by Crippen LogP contribution is 2.19. The summed E-state index contributed by atoms with van der Waals surface area (Å²) in [6, 6.07) is 15.1. The van der Waals surface area contributed by atoms with Crippen molar-refractivity contribution in [2.45, 2.75) is 6.92 Å². The van der Waals surface area contributed by atoms with Crippen LogP contribution in [0.4, 0.5) is 0 Å². The van der Waals surface area contributed by atoms with Crippen LogP contribution in [-0.4, -0.2) is 5.78 Å². The van der Waals surface area contributed by atoms with E-state index in [0.29, 0.717) is 10.6 Å². The van der Waals surface area contributed by atoms with E-state index in [-0.39, 0.29) is 5.78 Å². The third-order valence-electron chi connectivity index (χ3n) is 2.76. The molecule has 0 fully saturated rings. The maximum absolute atomic E-state index is 12.0. The van der Waals surface area contributed by atoms with E-state index < -0.39 is 0 Å². The van der Waals surface area contributed by atoms with E-state index in [9.17, 15) is 4.79 Å². The van der Waals surface area contributed by atoms with Gasteiger partial charge < -0.3 is 0 Å². The van der Waals surface area contributed by atoms with Crippen molar-refractivity contribution >= 4 is 23.5 Å². The molecule has 0 bridgehead atoms. The van der Waals surface area contributed by atoms with E-state index in [1.54, 1.807) is 24.3 Å². The predicted molar refractivity (Wildman–Crippen MR) is 76.0 cm³/mol. The second kappa shape index (κ2) is 5.65. The highest BCUT2D eigenvalue weighted by molar-refractivity contribution is 6.32. The molecule has 2 aromatic rings. The van der Waals surface area contributed by atoms with Gasteiger partial charge in [-0.05, 0) is 30.2 Å². The molecule has 18 heavy (non-hydrogen) atoms. The number of rotatable bonds is 3. The molecule has 1 nitrogen and oxygen atoms in total. The van der Waals surface area contributed by atoms with Crippen LogP contribution < -0.4 is 0 Å². The number of ketones is 1. The summed E-state index contributed by atoms with van der Waals surface area (Å²) >= 11 is 6.00. The summed E-state index contributed by atoms with van der Waals surface area (Å²) in [4.78, 5) is 12.0. The van der Waals surface area contributed by atoms with Gasteiger partial charge in [-0.3, -0.25) is 4.79 Å². The number of benzene rings is 2. The second-order valence-electron chi connectivity index (χ2n) is 4.02. The smallest absolute Gasteiger partial charge is 0.186 e. The molecule has 2 heteroatoms. The van der Waals surface area contributed by atoms with Gasteiger partial charge in [-0.15, -0.1) is 0 Å². The zero-order valence-electron chi connectivity index (χ0n) is 10.1. The Kier molecular flexibility index (Phi) is 3.96. The van der Waals surface area contributed by atoms with Gasteiger partial charge in [-0.2, -0.15) is 0 Å². The molecule has 2 aromatic carbocycles. The van der Waals surface area contributed by atoms with E-state index in [4.69, 9.17) is 11.6 Å². The Labute approximate surface area is 112 Å². The fourth-order valence-electron chi connectivity index (χ4n) is 1.70. The van der Waals surface area contributed by atoms with Crippen LogP contribution in [0, 0.1) is 6.92 Å². The van der Waals surface area contributed by atoms with Crippen molar-refractivity contribution in [1.29, 1.82) is 0 Å². The first-order valence-corrected chi connectivity index (χ1v) is 6.09. The Hall–Kier alpha value is -1.86. The predicted octanol–water partition coefficient (Wildman–Crippen LogP) is 4.54. The minimum absolute atomic E-state index is 0.0288. The number of allylic oxidation sites excluding steroid dienone is 1. The van der Waals surface area contributed by atoms with Gasteiger partial charge >= 0.3 is 0 Å². The van der Waals surface area contributed by atoms with Gasteiger partial charge in [0.2, 0.25) is 0 Å². The Morgan fingerprint density at radius 2 is 1.78 bits per heavy atom. The number of halogens is 1. The number of hydrogen-bond donors (Lipinski definition) is 0. The lowest BCUT2D eigenvalue weighted by atomic mass is 10.0. The minimum atomic E-state index is -0.0288. The lowest BCUT2D eigenvalue weighted by Gasteiger charge is -2.03. The molecule has 0 aliphatic heterocycles. The van der Waals surface area contributed by atoms with E-state index in [2.05, 4.69) is 0 Å². The van der Waals surface area contributed by atoms with Gasteiger partial charge in [0.25, 0.3) is 0 Å². The second-order valence-corrected chi connectivity index (χ2v) is 4.43. The Balaban J connectivity index is 2.23. The van der Waals surface area contributed by atoms with E-state index in [1.807, 2.05) is 43.3 Å². The van der Waals surface area contributed by atoms with Gasteiger partial charge in [-0.25, -0.2) is 0 Å². The summed E-state index contributed by atoms with van der Waals surface area (Å²) in [5.74, 6) is -0.0288. The largest absolute Gasteiger partial charge is 0.289 e. The highest BCUT2D eigenvalue weighted by atomic mass is 35.5. The lowest BCUT2D eigenvalue weighted by Crippen LogP contribution is -1.97. The number of carbonyl (C=O) groups is 1. The van der Waals surface area contributed by atoms with Crippen LogP contribution >= 0.6 is 11.6 Å². The van der Waals surface area contributed by atoms with Crippen LogP contribution in [0.1, 0.15) is 21.5 Å². The molecule has 0 aliphatic carbocycles. The molecular weight excluding hydrogens is 244 g/mol. The van der Waals surface area contributed by atoms with E-state index in [1.165, 1.54) is 0 Å². The van der Waals surface area contributed by atoms with Gasteiger partial charge in [0.15, 0.2) is 5.78 Å². The molecule has 0 N–H and O–H groups in total. The Morgan fingerprint density at radius 1 is 1.06 bits per heavy atom. The van der Waals surface area contributed by atoms with Crippen molar-refractivity contribution in [3.63, 3.8) is 0 Å². The van der Waals surface area contributed by atoms with Gasteiger partial charge in [0, 0.05) is 10.6 Å². The third kappa shape index (κ3) is 2.88. The Bertz CT molecular complexity index is 585. The molecule has 0 saturated heterocycles. The summed E-state index contributed by atoms with van der Waals surface area (Å²) in [6.45, 7) is 1.85. The van der Waals surface area contributed by atoms with Crippen molar-refractivity contribution < 1.29 is 4.79 Å². The topological polar surface area (TPSA) is 17.1 Å². The fraction of sp³-hybridized carbons (Fsp3) is 0.0625. The monoisotopic (exact) mass is 256 g/mol. The van der Waals surface area contributed by atoms with Crippen molar-refractivity contribution in [2.75, 3.05) is 0 Å². The maximum atomic E-state index is 12.0. The molecule has 0 unspecified atom stereocenters. The third-order valence-corrected chi connectivity index (χ3v) is 3.17. The summed E-state index contributed by atoms with van der Waals surface area (Å²) in [5.41, 5.74) is 2.47. The van der Waals surface area contributed by atoms with Crippen LogP contribution in [0.2, 0.25) is 5.02 Å². The summed E-state index contributed by atoms with van der Waals surface area (Å²) in [7, 11) is 0. The molecule has 90 valence electrons. The molecule has 0 atom stereocenters. The quantitative estimate of drug-likeness (QED) is 0.582. The fourth-order valence-corrected chi connectivity index (χ4v) is 1.87. The first-order valence-electron chi connectivity index (χ1n) is 5.71. The standard InChI is InChI=1S/C16H13ClO/c1-12-14(8-5-9-15(12)17)16(18)11-10-13-6-3-2-4-7-13/h2-11H,1H3/b11-10+. The molecule has 0 amide bonds. The maximum Gasteiger partial charge on any atom is 0.186 e. The van der Waals surface area contributed by atoms with E-state index in [0.717, 1.165) is 11.1 Å². The van der Waals surface area contributed by atoms with Crippen LogP contribution in [0.3, 0.4) is 0 Å². The number of carbonyl (C=O) groups excluding carboxylic acids is 1. The highest BCUT2D eigenvalue weighted by Gasteiger charge is 2.07. The average molecular weight is 257 g/mol. The van der Waals surface area contributed by atoms with Gasteiger partial charge in [0.05, 0.1) is 0 Å². The van der Waals surface area contributed by atoms with Crippen LogP contribution in [-0.2, 0) is 0 Å². The molecule has 0 radical (unpaired) electrons. The Morgan fingerprint density at radius 3 is 2.50 bits per heavy atom. The molecule has 0 aliphatic rings. The summed E-state index contributed by atoms with van der Waals surface area (Å²) in [6.07, 6.45) is 3.39. The molecule has 0 heterocycles. The average Bonchev–Trinajstić information content (AvgIpc) is 2.40. The van der Waals surface area contributed by atoms with E-state index >= 15 is 0 Å². The SMILES string of the molecule is Cc1c(Cl)cccc1C(=O)/C=C/c1ccccc1. The first-order chi connectivity index (χ1) is 8.68. The molecule has 0 spiro atoms. The van der Waals surface area contributed by atoms with Crippen molar-refractivity contribution in [3.05, 3.63) is 76.3 Å². The van der Waals surface area contributed by atoms with Crippen molar-refractivity contribution in [1.82, 2.24) is 0 Å². The van der Waals surface area contributed by atoms with Crippen LogP contribution in [0.5, 0.6) is 0 Å². The molecule has 0 aromatic heterocycles. The number of hydrogen-bond acceptors (Lipinski definition) is 1. The molecule has 2 rings (SSSR count). The van der Waals surface area contributed by atoms with Crippen molar-refractivity contribution in [2.24, 2.45) is 0 Å². The first kappa shape index (κ1) is 12.6. The zero-order chi connectivity index (χ0) is 13.0. The minimum Gasteiger partial charge on any atom is -0.289 e. The van der Waals surface area contributed by atoms with Crippen LogP contribution in [0.25, 0.3) is 6.08 Å². The molecule has 0 saturated carbocycles. The lowest BCUT2D eigenvalue weighted by molar-refractivity contribution is 0.104. The zero-order valence-corrected chi connectivity index (χ0v) is 10.8. The normalized spacial score (nSPS) is 10.8. The molecular formula is C16H13ClO. The van der Waals surface area contributed by atoms with Crippen LogP contribution in [0.15, 0.2) is 54.6 Å². The summed E-state index contributed by atoms with van der Waals surface area (Å²) in [5, 5.41) is 0.619. The van der Waals surface area contributed by atoms with Crippen molar-refractivity contribution in [3.8, 4) is 0 Å². The van der Waals surface area contributed by atoms with Gasteiger partial charge in [-0.1, -0.05) is 60.1 Å². The summed E-state index contributed by atoms with van der Waals surface area (Å²) < 4.78 is 0.